The number of hydrogen-bond acceptors (Lipinski definition) is 4. The van der Waals surface area contributed by atoms with E-state index in [9.17, 15) is 18.4 Å². The molecule has 0 aliphatic heterocycles. The van der Waals surface area contributed by atoms with E-state index in [0.29, 0.717) is 33.1 Å². The fraction of sp³-hybridized carbons (Fsp3) is 0.333. The van der Waals surface area contributed by atoms with E-state index in [1.54, 1.807) is 14.0 Å². The monoisotopic (exact) mass is 670 g/mol. The SMILES string of the molecule is CN[C@H]1CC[C@@H](N(Cc2cc(-c3ccc(C(C)=O)cc3)ccc2OC)C(=O)C2=C(I)c3c(F)ccc(F)c3C2)CC1. The van der Waals surface area contributed by atoms with Crippen molar-refractivity contribution >= 4 is 37.9 Å². The summed E-state index contributed by atoms with van der Waals surface area (Å²) in [6.07, 6.45) is 3.59. The molecule has 0 spiro atoms. The van der Waals surface area contributed by atoms with E-state index in [4.69, 9.17) is 4.74 Å². The minimum absolute atomic E-state index is 0.00637. The van der Waals surface area contributed by atoms with Gasteiger partial charge in [0.05, 0.1) is 7.11 Å². The fourth-order valence-corrected chi connectivity index (χ4v) is 6.96. The van der Waals surface area contributed by atoms with Gasteiger partial charge < -0.3 is 15.0 Å². The first-order chi connectivity index (χ1) is 19.7. The lowest BCUT2D eigenvalue weighted by Gasteiger charge is -2.37. The molecule has 8 heteroatoms. The van der Waals surface area contributed by atoms with Gasteiger partial charge in [0.25, 0.3) is 5.91 Å². The summed E-state index contributed by atoms with van der Waals surface area (Å²) in [4.78, 5) is 27.9. The summed E-state index contributed by atoms with van der Waals surface area (Å²) in [5.41, 5.74) is 4.23. The minimum Gasteiger partial charge on any atom is -0.496 e. The molecule has 0 atom stereocenters. The van der Waals surface area contributed by atoms with Crippen molar-refractivity contribution in [3.05, 3.63) is 94.1 Å². The highest BCUT2D eigenvalue weighted by atomic mass is 127. The summed E-state index contributed by atoms with van der Waals surface area (Å²) in [5, 5.41) is 3.35. The Hall–Kier alpha value is -3.11. The molecule has 0 heterocycles. The Balaban J connectivity index is 1.51. The number of rotatable bonds is 8. The number of amides is 1. The van der Waals surface area contributed by atoms with Gasteiger partial charge in [-0.05, 0) is 97.6 Å². The third-order valence-corrected chi connectivity index (χ3v) is 9.54. The average molecular weight is 671 g/mol. The first kappa shape index (κ1) is 29.4. The van der Waals surface area contributed by atoms with Crippen molar-refractivity contribution in [1.29, 1.82) is 0 Å². The maximum atomic E-state index is 14.7. The maximum absolute atomic E-state index is 14.7. The van der Waals surface area contributed by atoms with E-state index in [2.05, 4.69) is 5.32 Å². The van der Waals surface area contributed by atoms with E-state index in [1.807, 2.05) is 77.0 Å². The van der Waals surface area contributed by atoms with Crippen molar-refractivity contribution in [2.24, 2.45) is 0 Å². The van der Waals surface area contributed by atoms with Gasteiger partial charge in [0, 0.05) is 56.5 Å². The second kappa shape index (κ2) is 12.4. The molecule has 0 radical (unpaired) electrons. The van der Waals surface area contributed by atoms with Crippen molar-refractivity contribution in [3.8, 4) is 16.9 Å². The smallest absolute Gasteiger partial charge is 0.251 e. The lowest BCUT2D eigenvalue weighted by molar-refractivity contribution is -0.130. The predicted molar refractivity (Wildman–Crippen MR) is 165 cm³/mol. The molecule has 1 amide bonds. The molecule has 3 aromatic carbocycles. The minimum atomic E-state index is -0.514. The molecule has 3 aromatic rings. The quantitative estimate of drug-likeness (QED) is 0.205. The van der Waals surface area contributed by atoms with Crippen LogP contribution in [0.15, 0.2) is 60.2 Å². The van der Waals surface area contributed by atoms with Crippen molar-refractivity contribution in [1.82, 2.24) is 10.2 Å². The zero-order valence-electron chi connectivity index (χ0n) is 23.4. The molecular weight excluding hydrogens is 637 g/mol. The number of nitrogens with one attached hydrogen (secondary N) is 1. The van der Waals surface area contributed by atoms with E-state index in [1.165, 1.54) is 0 Å². The Bertz CT molecular complexity index is 1510. The summed E-state index contributed by atoms with van der Waals surface area (Å²) in [6.45, 7) is 1.84. The van der Waals surface area contributed by atoms with Crippen LogP contribution in [0.25, 0.3) is 14.7 Å². The first-order valence-corrected chi connectivity index (χ1v) is 14.9. The molecule has 2 aliphatic rings. The number of ether oxygens (including phenoxy) is 1. The third kappa shape index (κ3) is 5.95. The molecule has 5 rings (SSSR count). The molecule has 41 heavy (non-hydrogen) atoms. The molecule has 0 saturated heterocycles. The van der Waals surface area contributed by atoms with Gasteiger partial charge in [-0.1, -0.05) is 30.3 Å². The number of carbonyl (C=O) groups excluding carboxylic acids is 2. The number of fused-ring (bicyclic) bond motifs is 1. The van der Waals surface area contributed by atoms with Crippen LogP contribution in [-0.2, 0) is 17.8 Å². The first-order valence-electron chi connectivity index (χ1n) is 13.8. The summed E-state index contributed by atoms with van der Waals surface area (Å²) in [6, 6.07) is 15.9. The molecule has 0 aromatic heterocycles. The summed E-state index contributed by atoms with van der Waals surface area (Å²) in [5.74, 6) is -0.543. The lowest BCUT2D eigenvalue weighted by Crippen LogP contribution is -2.45. The van der Waals surface area contributed by atoms with Gasteiger partial charge in [-0.2, -0.15) is 0 Å². The van der Waals surface area contributed by atoms with Crippen molar-refractivity contribution < 1.29 is 23.1 Å². The van der Waals surface area contributed by atoms with Crippen LogP contribution in [0.1, 0.15) is 59.7 Å². The number of nitrogens with zero attached hydrogens (tertiary/aromatic N) is 1. The van der Waals surface area contributed by atoms with Crippen LogP contribution in [0.5, 0.6) is 5.75 Å². The second-order valence-corrected chi connectivity index (χ2v) is 11.8. The Morgan fingerprint density at radius 3 is 2.24 bits per heavy atom. The van der Waals surface area contributed by atoms with Crippen molar-refractivity contribution in [3.63, 3.8) is 0 Å². The molecule has 1 N–H and O–H groups in total. The zero-order valence-corrected chi connectivity index (χ0v) is 25.6. The van der Waals surface area contributed by atoms with Crippen LogP contribution in [0.4, 0.5) is 8.78 Å². The summed E-state index contributed by atoms with van der Waals surface area (Å²) >= 11 is 1.99. The molecule has 2 aliphatic carbocycles. The third-order valence-electron chi connectivity index (χ3n) is 8.35. The number of methoxy groups -OCH3 is 1. The normalized spacial score (nSPS) is 18.3. The predicted octanol–water partition coefficient (Wildman–Crippen LogP) is 7.10. The number of ketones is 1. The highest BCUT2D eigenvalue weighted by Crippen LogP contribution is 2.42. The van der Waals surface area contributed by atoms with E-state index in [0.717, 1.165) is 54.5 Å². The lowest BCUT2D eigenvalue weighted by atomic mass is 9.89. The van der Waals surface area contributed by atoms with Gasteiger partial charge in [-0.15, -0.1) is 0 Å². The maximum Gasteiger partial charge on any atom is 0.251 e. The van der Waals surface area contributed by atoms with Crippen LogP contribution in [-0.4, -0.2) is 42.8 Å². The fourth-order valence-electron chi connectivity index (χ4n) is 5.96. The average Bonchev–Trinajstić information content (AvgIpc) is 3.35. The van der Waals surface area contributed by atoms with E-state index < -0.39 is 11.6 Å². The Labute approximate surface area is 253 Å². The second-order valence-electron chi connectivity index (χ2n) is 10.7. The van der Waals surface area contributed by atoms with Crippen LogP contribution in [0, 0.1) is 11.6 Å². The van der Waals surface area contributed by atoms with Crippen molar-refractivity contribution in [2.45, 2.75) is 57.7 Å². The Morgan fingerprint density at radius 2 is 1.63 bits per heavy atom. The molecule has 1 fully saturated rings. The highest BCUT2D eigenvalue weighted by molar-refractivity contribution is 14.1. The Kier molecular flexibility index (Phi) is 8.89. The van der Waals surface area contributed by atoms with Gasteiger partial charge in [0.1, 0.15) is 17.4 Å². The standard InChI is InChI=1S/C33H33F2IN2O3/c1-19(39)20-4-6-21(7-5-20)22-8-15-30(41-3)23(16-22)18-38(25-11-9-24(37-2)10-12-25)33(40)27-17-26-28(34)13-14-29(35)31(26)32(27)36/h4-8,13-16,24-25,37H,9-12,17-18H2,1-3H3/t24-,25+. The van der Waals surface area contributed by atoms with Gasteiger partial charge in [0.15, 0.2) is 5.78 Å². The van der Waals surface area contributed by atoms with Gasteiger partial charge in [0.2, 0.25) is 0 Å². The number of benzene rings is 3. The van der Waals surface area contributed by atoms with Crippen LogP contribution in [0.2, 0.25) is 0 Å². The number of hydrogen-bond donors (Lipinski definition) is 1. The molecule has 0 unspecified atom stereocenters. The topological polar surface area (TPSA) is 58.6 Å². The largest absolute Gasteiger partial charge is 0.496 e. The molecule has 5 nitrogen and oxygen atoms in total. The summed E-state index contributed by atoms with van der Waals surface area (Å²) in [7, 11) is 3.56. The molecular formula is C33H33F2IN2O3. The number of Topliss-reactive ketones (excluding diaryl/α,β-unsaturated/α-hetero) is 1. The van der Waals surface area contributed by atoms with Crippen LogP contribution in [0.3, 0.4) is 0 Å². The van der Waals surface area contributed by atoms with Crippen LogP contribution >= 0.6 is 22.6 Å². The van der Waals surface area contributed by atoms with Gasteiger partial charge >= 0.3 is 0 Å². The van der Waals surface area contributed by atoms with E-state index >= 15 is 0 Å². The molecule has 1 saturated carbocycles. The number of halogens is 3. The van der Waals surface area contributed by atoms with Gasteiger partial charge in [-0.3, -0.25) is 9.59 Å². The van der Waals surface area contributed by atoms with Gasteiger partial charge in [-0.25, -0.2) is 8.78 Å². The number of carbonyl (C=O) groups is 2. The van der Waals surface area contributed by atoms with Crippen molar-refractivity contribution in [2.75, 3.05) is 14.2 Å². The highest BCUT2D eigenvalue weighted by Gasteiger charge is 2.36. The van der Waals surface area contributed by atoms with Crippen LogP contribution < -0.4 is 10.1 Å². The molecule has 214 valence electrons. The molecule has 0 bridgehead atoms. The van der Waals surface area contributed by atoms with E-state index in [-0.39, 0.29) is 35.3 Å². The Morgan fingerprint density at radius 1 is 0.976 bits per heavy atom. The summed E-state index contributed by atoms with van der Waals surface area (Å²) < 4.78 is 35.6. The zero-order chi connectivity index (χ0) is 29.3.